The minimum atomic E-state index is 0. The number of halogens is 1. The molecule has 0 spiro atoms. The molecule has 0 atom stereocenters. The first kappa shape index (κ1) is 24.2. The molecule has 84 valence electrons. The minimum absolute atomic E-state index is 0. The molecule has 0 heterocycles. The molecule has 0 saturated carbocycles. The monoisotopic (exact) mass is 278 g/mol. The van der Waals surface area contributed by atoms with Gasteiger partial charge in [-0.15, -0.1) is 0 Å². The summed E-state index contributed by atoms with van der Waals surface area (Å²) in [6, 6.07) is 7.36. The average molecular weight is 279 g/mol. The van der Waals surface area contributed by atoms with Crippen LogP contribution in [-0.2, 0) is 31.7 Å². The number of hydrogen-bond donors (Lipinski definition) is 0. The summed E-state index contributed by atoms with van der Waals surface area (Å²) in [5.74, 6) is 0.721. The van der Waals surface area contributed by atoms with Crippen molar-refractivity contribution < 1.29 is 36.5 Å². The van der Waals surface area contributed by atoms with Gasteiger partial charge >= 0.3 is 0 Å². The van der Waals surface area contributed by atoms with E-state index in [1.807, 2.05) is 18.2 Å². The van der Waals surface area contributed by atoms with Crippen LogP contribution in [0.5, 0.6) is 5.75 Å². The second-order valence-corrected chi connectivity index (χ2v) is 2.04. The topological polar surface area (TPSA) is 60.4 Å². The van der Waals surface area contributed by atoms with E-state index in [2.05, 4.69) is 20.4 Å². The normalized spacial score (nSPS) is 5.88. The molecule has 6 radical (unpaired) electrons. The summed E-state index contributed by atoms with van der Waals surface area (Å²) < 4.78 is 4.91. The molecule has 1 aromatic rings. The molecule has 0 fully saturated rings. The van der Waals surface area contributed by atoms with Crippen LogP contribution >= 0.6 is 11.6 Å². The molecule has 0 aliphatic heterocycles. The Bertz CT molecular complexity index is 243. The van der Waals surface area contributed by atoms with Crippen molar-refractivity contribution in [3.8, 4) is 5.75 Å². The summed E-state index contributed by atoms with van der Waals surface area (Å²) in [4.78, 5) is 22.5. The SMILES string of the molecule is COc1ccccc1Cl.[C]=O.[C]=O.[C]=O.[Cr]. The molecule has 1 aromatic carbocycles. The summed E-state index contributed by atoms with van der Waals surface area (Å²) in [6.07, 6.45) is 0. The number of methoxy groups -OCH3 is 1. The number of hydrogen-bond acceptors (Lipinski definition) is 4. The van der Waals surface area contributed by atoms with Crippen molar-refractivity contribution in [2.24, 2.45) is 0 Å². The van der Waals surface area contributed by atoms with Crippen molar-refractivity contribution in [1.29, 1.82) is 0 Å². The third-order valence-electron chi connectivity index (χ3n) is 1.06. The van der Waals surface area contributed by atoms with E-state index in [1.54, 1.807) is 13.2 Å². The standard InChI is InChI=1S/C7H7ClO.3CO.Cr/c1-9-7-5-3-2-4-6(7)8;3*1-2;/h2-5H,1H3;;;;. The maximum absolute atomic E-state index is 7.50. The summed E-state index contributed by atoms with van der Waals surface area (Å²) in [6.45, 7) is 13.5. The Hall–Kier alpha value is -1.15. The van der Waals surface area contributed by atoms with E-state index in [4.69, 9.17) is 30.7 Å². The third kappa shape index (κ3) is 12.9. The fraction of sp³-hybridized carbons (Fsp3) is 0.100. The fourth-order valence-corrected chi connectivity index (χ4v) is 0.823. The van der Waals surface area contributed by atoms with Gasteiger partial charge in [-0.1, -0.05) is 23.7 Å². The van der Waals surface area contributed by atoms with Gasteiger partial charge in [0.2, 0.25) is 0 Å². The van der Waals surface area contributed by atoms with Crippen molar-refractivity contribution in [1.82, 2.24) is 0 Å². The number of para-hydroxylation sites is 1. The van der Waals surface area contributed by atoms with E-state index in [0.717, 1.165) is 5.75 Å². The average Bonchev–Trinajstić information content (AvgIpc) is 2.37. The van der Waals surface area contributed by atoms with Crippen LogP contribution in [0.15, 0.2) is 24.3 Å². The van der Waals surface area contributed by atoms with Gasteiger partial charge in [0.05, 0.1) is 12.1 Å². The Labute approximate surface area is 111 Å². The predicted octanol–water partition coefficient (Wildman–Crippen LogP) is 1.15. The van der Waals surface area contributed by atoms with Gasteiger partial charge in [0.1, 0.15) is 5.75 Å². The molecule has 0 N–H and O–H groups in total. The van der Waals surface area contributed by atoms with Gasteiger partial charge in [0.15, 0.2) is 0 Å². The van der Waals surface area contributed by atoms with Crippen LogP contribution in [-0.4, -0.2) is 27.5 Å². The molecule has 6 heteroatoms. The molecule has 0 saturated heterocycles. The Kier molecular flexibility index (Phi) is 35.7. The maximum atomic E-state index is 7.50. The van der Waals surface area contributed by atoms with E-state index < -0.39 is 0 Å². The van der Waals surface area contributed by atoms with Gasteiger partial charge in [-0.2, -0.15) is 0 Å². The summed E-state index contributed by atoms with van der Waals surface area (Å²) in [7, 11) is 1.60. The molecule has 1 rings (SSSR count). The van der Waals surface area contributed by atoms with E-state index in [1.165, 1.54) is 0 Å². The predicted molar refractivity (Wildman–Crippen MR) is 55.1 cm³/mol. The van der Waals surface area contributed by atoms with Crippen molar-refractivity contribution in [2.75, 3.05) is 7.11 Å². The molecule has 4 nitrogen and oxygen atoms in total. The number of benzene rings is 1. The number of carbonyl (C=O) groups excluding carboxylic acids is 3. The molecular formula is C10H7ClCrO4. The molecule has 0 aliphatic carbocycles. The number of rotatable bonds is 1. The summed E-state index contributed by atoms with van der Waals surface area (Å²) in [5, 5.41) is 0.653. The van der Waals surface area contributed by atoms with Crippen molar-refractivity contribution in [2.45, 2.75) is 0 Å². The van der Waals surface area contributed by atoms with Crippen LogP contribution in [0.1, 0.15) is 0 Å². The van der Waals surface area contributed by atoms with Crippen molar-refractivity contribution in [3.63, 3.8) is 0 Å². The quantitative estimate of drug-likeness (QED) is 0.773. The van der Waals surface area contributed by atoms with Gasteiger partial charge in [-0.3, -0.25) is 14.4 Å². The zero-order valence-electron chi connectivity index (χ0n) is 8.23. The number of ether oxygens (including phenoxy) is 1. The van der Waals surface area contributed by atoms with Crippen LogP contribution in [0.4, 0.5) is 0 Å². The Morgan fingerprint density at radius 3 is 1.62 bits per heavy atom. The van der Waals surface area contributed by atoms with E-state index in [-0.39, 0.29) is 17.4 Å². The first-order valence-electron chi connectivity index (χ1n) is 3.24. The van der Waals surface area contributed by atoms with Gasteiger partial charge in [-0.25, -0.2) is 0 Å². The van der Waals surface area contributed by atoms with Crippen LogP contribution in [0.25, 0.3) is 0 Å². The molecule has 0 aromatic heterocycles. The molecule has 0 unspecified atom stereocenters. The van der Waals surface area contributed by atoms with E-state index >= 15 is 0 Å². The summed E-state index contributed by atoms with van der Waals surface area (Å²) >= 11 is 5.70. The molecule has 0 amide bonds. The minimum Gasteiger partial charge on any atom is -0.495 e. The van der Waals surface area contributed by atoms with Gasteiger partial charge < -0.3 is 4.74 Å². The van der Waals surface area contributed by atoms with E-state index in [0.29, 0.717) is 5.02 Å². The molecule has 0 bridgehead atoms. The van der Waals surface area contributed by atoms with Crippen LogP contribution in [0, 0.1) is 0 Å². The molecule has 0 aliphatic rings. The van der Waals surface area contributed by atoms with Crippen LogP contribution in [0.2, 0.25) is 5.02 Å². The Morgan fingerprint density at radius 1 is 1.00 bits per heavy atom. The van der Waals surface area contributed by atoms with Crippen molar-refractivity contribution >= 4 is 32.0 Å². The fourth-order valence-electron chi connectivity index (χ4n) is 0.610. The first-order valence-corrected chi connectivity index (χ1v) is 3.62. The van der Waals surface area contributed by atoms with Crippen LogP contribution < -0.4 is 4.74 Å². The zero-order chi connectivity index (χ0) is 12.7. The van der Waals surface area contributed by atoms with Gasteiger partial charge in [-0.05, 0) is 12.1 Å². The van der Waals surface area contributed by atoms with E-state index in [9.17, 15) is 0 Å². The van der Waals surface area contributed by atoms with Gasteiger partial charge in [0.25, 0.3) is 20.4 Å². The first-order chi connectivity index (χ1) is 7.34. The maximum Gasteiger partial charge on any atom is 0.281 e. The van der Waals surface area contributed by atoms with Gasteiger partial charge in [0, 0.05) is 17.4 Å². The largest absolute Gasteiger partial charge is 0.495 e. The molecule has 16 heavy (non-hydrogen) atoms. The summed E-state index contributed by atoms with van der Waals surface area (Å²) in [5.41, 5.74) is 0. The second kappa shape index (κ2) is 23.6. The Morgan fingerprint density at radius 2 is 1.38 bits per heavy atom. The smallest absolute Gasteiger partial charge is 0.281 e. The van der Waals surface area contributed by atoms with Crippen LogP contribution in [0.3, 0.4) is 0 Å². The molecular weight excluding hydrogens is 272 g/mol. The van der Waals surface area contributed by atoms with Crippen molar-refractivity contribution in [3.05, 3.63) is 29.3 Å². The second-order valence-electron chi connectivity index (χ2n) is 1.63. The Balaban J connectivity index is -0.0000000900. The zero-order valence-corrected chi connectivity index (χ0v) is 10.3. The third-order valence-corrected chi connectivity index (χ3v) is 1.37.